The molecule has 0 heterocycles. The Balaban J connectivity index is 2.63. The van der Waals surface area contributed by atoms with Crippen molar-refractivity contribution in [3.8, 4) is 0 Å². The van der Waals surface area contributed by atoms with E-state index < -0.39 is 24.5 Å². The third-order valence-electron chi connectivity index (χ3n) is 1.98. The summed E-state index contributed by atoms with van der Waals surface area (Å²) in [6, 6.07) is 2.79. The van der Waals surface area contributed by atoms with Crippen molar-refractivity contribution in [1.29, 1.82) is 0 Å². The van der Waals surface area contributed by atoms with Gasteiger partial charge in [0.15, 0.2) is 0 Å². The van der Waals surface area contributed by atoms with Crippen molar-refractivity contribution in [2.75, 3.05) is 0 Å². The first kappa shape index (κ1) is 13.3. The quantitative estimate of drug-likeness (QED) is 0.824. The molecule has 90 valence electrons. The lowest BCUT2D eigenvalue weighted by molar-refractivity contribution is -0.138. The van der Waals surface area contributed by atoms with E-state index in [0.717, 1.165) is 6.07 Å². The van der Waals surface area contributed by atoms with Gasteiger partial charge >= 0.3 is 6.18 Å². The number of nitrogens with two attached hydrogens (primary N) is 1. The zero-order valence-electron chi connectivity index (χ0n) is 8.19. The molecular weight excluding hydrogens is 246 g/mol. The Hall–Kier alpha value is -0.810. The van der Waals surface area contributed by atoms with E-state index in [1.165, 1.54) is 12.1 Å². The Kier molecular flexibility index (Phi) is 4.15. The van der Waals surface area contributed by atoms with E-state index in [0.29, 0.717) is 5.56 Å². The van der Waals surface area contributed by atoms with Crippen molar-refractivity contribution in [3.05, 3.63) is 34.6 Å². The fourth-order valence-electron chi connectivity index (χ4n) is 1.34. The molecule has 0 fully saturated rings. The van der Waals surface area contributed by atoms with Gasteiger partial charge in [-0.05, 0) is 24.1 Å². The van der Waals surface area contributed by atoms with Crippen molar-refractivity contribution in [2.24, 2.45) is 5.73 Å². The average Bonchev–Trinajstić information content (AvgIpc) is 2.08. The highest BCUT2D eigenvalue weighted by Crippen LogP contribution is 2.23. The predicted octanol–water partition coefficient (Wildman–Crippen LogP) is 3.30. The number of halogens is 5. The lowest BCUT2D eigenvalue weighted by Crippen LogP contribution is -2.29. The van der Waals surface area contributed by atoms with Gasteiger partial charge in [0, 0.05) is 6.04 Å². The highest BCUT2D eigenvalue weighted by Gasteiger charge is 2.30. The minimum Gasteiger partial charge on any atom is -0.327 e. The van der Waals surface area contributed by atoms with Crippen LogP contribution in [0.1, 0.15) is 12.0 Å². The van der Waals surface area contributed by atoms with Crippen LogP contribution >= 0.6 is 11.6 Å². The maximum absolute atomic E-state index is 13.0. The predicted molar refractivity (Wildman–Crippen MR) is 53.8 cm³/mol. The van der Waals surface area contributed by atoms with E-state index in [1.807, 2.05) is 0 Å². The van der Waals surface area contributed by atoms with Crippen molar-refractivity contribution in [3.63, 3.8) is 0 Å². The topological polar surface area (TPSA) is 26.0 Å². The molecule has 0 aliphatic heterocycles. The summed E-state index contributed by atoms with van der Waals surface area (Å²) in [4.78, 5) is 0. The summed E-state index contributed by atoms with van der Waals surface area (Å²) >= 11 is 5.44. The minimum absolute atomic E-state index is 0.0341. The third kappa shape index (κ3) is 4.37. The summed E-state index contributed by atoms with van der Waals surface area (Å²) in [7, 11) is 0. The summed E-state index contributed by atoms with van der Waals surface area (Å²) < 4.78 is 48.9. The van der Waals surface area contributed by atoms with Crippen LogP contribution in [0.5, 0.6) is 0 Å². The Morgan fingerprint density at radius 3 is 2.44 bits per heavy atom. The molecular formula is C10H10ClF4N. The first-order valence-electron chi connectivity index (χ1n) is 4.54. The highest BCUT2D eigenvalue weighted by atomic mass is 35.5. The van der Waals surface area contributed by atoms with Crippen molar-refractivity contribution in [2.45, 2.75) is 25.1 Å². The van der Waals surface area contributed by atoms with Crippen LogP contribution in [-0.2, 0) is 6.42 Å². The van der Waals surface area contributed by atoms with Crippen LogP contribution in [0, 0.1) is 5.82 Å². The molecule has 0 spiro atoms. The standard InChI is InChI=1S/C10H10ClF4N/c11-8-2-1-6(4-9(8)12)3-7(16)5-10(13,14)15/h1-2,4,7H,3,5,16H2. The molecule has 0 radical (unpaired) electrons. The third-order valence-corrected chi connectivity index (χ3v) is 2.28. The smallest absolute Gasteiger partial charge is 0.327 e. The molecule has 16 heavy (non-hydrogen) atoms. The number of rotatable bonds is 3. The van der Waals surface area contributed by atoms with Crippen molar-refractivity contribution >= 4 is 11.6 Å². The molecule has 1 unspecified atom stereocenters. The zero-order valence-corrected chi connectivity index (χ0v) is 8.95. The van der Waals surface area contributed by atoms with Crippen LogP contribution < -0.4 is 5.73 Å². The largest absolute Gasteiger partial charge is 0.390 e. The van der Waals surface area contributed by atoms with Gasteiger partial charge in [0.05, 0.1) is 11.4 Å². The fraction of sp³-hybridized carbons (Fsp3) is 0.400. The van der Waals surface area contributed by atoms with Gasteiger partial charge in [-0.15, -0.1) is 0 Å². The Morgan fingerprint density at radius 2 is 1.94 bits per heavy atom. The molecule has 0 saturated heterocycles. The fourth-order valence-corrected chi connectivity index (χ4v) is 1.46. The molecule has 0 bridgehead atoms. The van der Waals surface area contributed by atoms with Crippen LogP contribution in [0.3, 0.4) is 0 Å². The Morgan fingerprint density at radius 1 is 1.31 bits per heavy atom. The molecule has 0 aromatic heterocycles. The van der Waals surface area contributed by atoms with Gasteiger partial charge in [-0.2, -0.15) is 13.2 Å². The van der Waals surface area contributed by atoms with E-state index in [4.69, 9.17) is 17.3 Å². The van der Waals surface area contributed by atoms with E-state index >= 15 is 0 Å². The summed E-state index contributed by atoms with van der Waals surface area (Å²) in [6.45, 7) is 0. The highest BCUT2D eigenvalue weighted by molar-refractivity contribution is 6.30. The molecule has 1 atom stereocenters. The van der Waals surface area contributed by atoms with Crippen LogP contribution in [0.25, 0.3) is 0 Å². The van der Waals surface area contributed by atoms with E-state index in [2.05, 4.69) is 0 Å². The zero-order chi connectivity index (χ0) is 12.3. The Labute approximate surface area is 95.2 Å². The summed E-state index contributed by atoms with van der Waals surface area (Å²) in [5.41, 5.74) is 5.71. The van der Waals surface area contributed by atoms with E-state index in [1.54, 1.807) is 0 Å². The van der Waals surface area contributed by atoms with E-state index in [-0.39, 0.29) is 11.4 Å². The molecule has 0 aliphatic rings. The van der Waals surface area contributed by atoms with Crippen LogP contribution in [-0.4, -0.2) is 12.2 Å². The van der Waals surface area contributed by atoms with Gasteiger partial charge in [0.25, 0.3) is 0 Å². The Bertz CT molecular complexity index is 364. The van der Waals surface area contributed by atoms with Crippen molar-refractivity contribution < 1.29 is 17.6 Å². The molecule has 0 amide bonds. The second-order valence-corrected chi connectivity index (χ2v) is 3.94. The lowest BCUT2D eigenvalue weighted by Gasteiger charge is -2.14. The van der Waals surface area contributed by atoms with E-state index in [9.17, 15) is 17.6 Å². The molecule has 1 aromatic carbocycles. The van der Waals surface area contributed by atoms with Gasteiger partial charge < -0.3 is 5.73 Å². The molecule has 1 aromatic rings. The second-order valence-electron chi connectivity index (χ2n) is 3.53. The molecule has 2 N–H and O–H groups in total. The van der Waals surface area contributed by atoms with Gasteiger partial charge in [0.2, 0.25) is 0 Å². The van der Waals surface area contributed by atoms with Gasteiger partial charge in [-0.3, -0.25) is 0 Å². The SMILES string of the molecule is NC(Cc1ccc(Cl)c(F)c1)CC(F)(F)F. The summed E-state index contributed by atoms with van der Waals surface area (Å²) in [5.74, 6) is -0.654. The number of benzene rings is 1. The molecule has 1 rings (SSSR count). The first-order valence-corrected chi connectivity index (χ1v) is 4.92. The van der Waals surface area contributed by atoms with Gasteiger partial charge in [0.1, 0.15) is 5.82 Å². The summed E-state index contributed by atoms with van der Waals surface area (Å²) in [6.07, 6.45) is -5.42. The monoisotopic (exact) mass is 255 g/mol. The maximum atomic E-state index is 13.0. The van der Waals surface area contributed by atoms with Gasteiger partial charge in [-0.25, -0.2) is 4.39 Å². The van der Waals surface area contributed by atoms with Gasteiger partial charge in [-0.1, -0.05) is 17.7 Å². The minimum atomic E-state index is -4.30. The van der Waals surface area contributed by atoms with Crippen molar-refractivity contribution in [1.82, 2.24) is 0 Å². The first-order chi connectivity index (χ1) is 7.28. The van der Waals surface area contributed by atoms with Crippen LogP contribution in [0.2, 0.25) is 5.02 Å². The number of hydrogen-bond acceptors (Lipinski definition) is 1. The normalized spacial score (nSPS) is 13.9. The maximum Gasteiger partial charge on any atom is 0.390 e. The number of hydrogen-bond donors (Lipinski definition) is 1. The van der Waals surface area contributed by atoms with Crippen LogP contribution in [0.4, 0.5) is 17.6 Å². The molecule has 0 saturated carbocycles. The average molecular weight is 256 g/mol. The molecule has 6 heteroatoms. The lowest BCUT2D eigenvalue weighted by atomic mass is 10.0. The molecule has 0 aliphatic carbocycles. The van der Waals surface area contributed by atoms with Crippen LogP contribution in [0.15, 0.2) is 18.2 Å². The number of alkyl halides is 3. The second kappa shape index (κ2) is 5.01. The molecule has 1 nitrogen and oxygen atoms in total. The summed E-state index contributed by atoms with van der Waals surface area (Å²) in [5, 5.41) is -0.0619.